The van der Waals surface area contributed by atoms with Gasteiger partial charge in [0, 0.05) is 12.5 Å². The molecule has 1 rings (SSSR count). The third-order valence-corrected chi connectivity index (χ3v) is 2.21. The molecule has 0 aliphatic heterocycles. The third-order valence-electron chi connectivity index (χ3n) is 2.21. The van der Waals surface area contributed by atoms with Gasteiger partial charge in [-0.3, -0.25) is 4.79 Å². The molecule has 1 atom stereocenters. The number of nitrogens with one attached hydrogen (secondary N) is 1. The van der Waals surface area contributed by atoms with E-state index in [1.165, 1.54) is 0 Å². The van der Waals surface area contributed by atoms with Gasteiger partial charge in [0.25, 0.3) is 5.91 Å². The van der Waals surface area contributed by atoms with Gasteiger partial charge in [0.05, 0.1) is 0 Å². The van der Waals surface area contributed by atoms with Crippen LogP contribution in [0.1, 0.15) is 36.6 Å². The van der Waals surface area contributed by atoms with Crippen molar-refractivity contribution in [2.45, 2.75) is 32.7 Å². The van der Waals surface area contributed by atoms with Crippen molar-refractivity contribution < 1.29 is 9.21 Å². The average molecular weight is 210 g/mol. The zero-order valence-electron chi connectivity index (χ0n) is 9.25. The van der Waals surface area contributed by atoms with Crippen molar-refractivity contribution in [1.29, 1.82) is 0 Å². The molecule has 1 heterocycles. The summed E-state index contributed by atoms with van der Waals surface area (Å²) >= 11 is 0. The van der Waals surface area contributed by atoms with Gasteiger partial charge in [0.15, 0.2) is 5.76 Å². The van der Waals surface area contributed by atoms with E-state index in [-0.39, 0.29) is 11.9 Å². The molecule has 4 heteroatoms. The van der Waals surface area contributed by atoms with Crippen LogP contribution in [0, 0.1) is 0 Å². The summed E-state index contributed by atoms with van der Waals surface area (Å²) in [6.07, 6.45) is 1.57. The van der Waals surface area contributed by atoms with Crippen molar-refractivity contribution in [3.05, 3.63) is 23.7 Å². The fourth-order valence-electron chi connectivity index (χ4n) is 1.31. The van der Waals surface area contributed by atoms with Crippen molar-refractivity contribution in [1.82, 2.24) is 5.32 Å². The van der Waals surface area contributed by atoms with E-state index in [0.29, 0.717) is 12.3 Å². The highest BCUT2D eigenvalue weighted by molar-refractivity contribution is 5.91. The van der Waals surface area contributed by atoms with Gasteiger partial charge >= 0.3 is 0 Å². The molecule has 1 aromatic heterocycles. The highest BCUT2D eigenvalue weighted by Gasteiger charge is 2.12. The molecular formula is C11H18N2O2. The number of hydrogen-bond acceptors (Lipinski definition) is 3. The van der Waals surface area contributed by atoms with E-state index in [4.69, 9.17) is 10.2 Å². The Morgan fingerprint density at radius 1 is 1.60 bits per heavy atom. The lowest BCUT2D eigenvalue weighted by Gasteiger charge is -2.10. The Morgan fingerprint density at radius 2 is 2.33 bits per heavy atom. The van der Waals surface area contributed by atoms with Gasteiger partial charge in [-0.1, -0.05) is 6.92 Å². The fraction of sp³-hybridized carbons (Fsp3) is 0.545. The molecule has 0 fully saturated rings. The number of hydrogen-bond donors (Lipinski definition) is 2. The molecule has 3 N–H and O–H groups in total. The number of nitrogens with two attached hydrogens (primary N) is 1. The Kier molecular flexibility index (Phi) is 4.37. The summed E-state index contributed by atoms with van der Waals surface area (Å²) in [4.78, 5) is 11.6. The molecule has 4 nitrogen and oxygen atoms in total. The highest BCUT2D eigenvalue weighted by Crippen LogP contribution is 2.08. The summed E-state index contributed by atoms with van der Waals surface area (Å²) in [6.45, 7) is 4.48. The van der Waals surface area contributed by atoms with Gasteiger partial charge in [0.2, 0.25) is 0 Å². The van der Waals surface area contributed by atoms with Gasteiger partial charge in [-0.25, -0.2) is 0 Å². The Morgan fingerprint density at radius 3 is 2.87 bits per heavy atom. The predicted molar refractivity (Wildman–Crippen MR) is 58.7 cm³/mol. The third kappa shape index (κ3) is 3.40. The van der Waals surface area contributed by atoms with E-state index in [0.717, 1.165) is 18.6 Å². The molecule has 0 radical (unpaired) electrons. The molecule has 0 saturated carbocycles. The topological polar surface area (TPSA) is 68.3 Å². The number of aryl methyl sites for hydroxylation is 1. The minimum absolute atomic E-state index is 0.0812. The maximum Gasteiger partial charge on any atom is 0.287 e. The first-order chi connectivity index (χ1) is 7.17. The van der Waals surface area contributed by atoms with E-state index < -0.39 is 0 Å². The lowest BCUT2D eigenvalue weighted by molar-refractivity contribution is 0.0909. The molecule has 0 aromatic carbocycles. The van der Waals surface area contributed by atoms with Gasteiger partial charge < -0.3 is 15.5 Å². The van der Waals surface area contributed by atoms with E-state index in [1.807, 2.05) is 19.9 Å². The molecule has 0 aliphatic rings. The standard InChI is InChI=1S/C11H18N2O2/c1-3-9-4-5-10(15-9)11(14)13-8(2)6-7-12/h4-5,8H,3,6-7,12H2,1-2H3,(H,13,14). The first kappa shape index (κ1) is 11.8. The lowest BCUT2D eigenvalue weighted by Crippen LogP contribution is -2.33. The van der Waals surface area contributed by atoms with Crippen molar-refractivity contribution in [3.8, 4) is 0 Å². The molecule has 0 saturated heterocycles. The monoisotopic (exact) mass is 210 g/mol. The van der Waals surface area contributed by atoms with Gasteiger partial charge in [-0.05, 0) is 32.0 Å². The van der Waals surface area contributed by atoms with Crippen LogP contribution in [-0.2, 0) is 6.42 Å². The Bertz CT molecular complexity index is 320. The van der Waals surface area contributed by atoms with Crippen LogP contribution in [0.3, 0.4) is 0 Å². The highest BCUT2D eigenvalue weighted by atomic mass is 16.3. The number of carbonyl (C=O) groups excluding carboxylic acids is 1. The molecule has 0 aliphatic carbocycles. The molecule has 1 amide bonds. The zero-order valence-corrected chi connectivity index (χ0v) is 9.25. The van der Waals surface area contributed by atoms with Crippen LogP contribution in [0.25, 0.3) is 0 Å². The first-order valence-corrected chi connectivity index (χ1v) is 5.27. The van der Waals surface area contributed by atoms with Crippen molar-refractivity contribution in [3.63, 3.8) is 0 Å². The van der Waals surface area contributed by atoms with E-state index in [2.05, 4.69) is 5.32 Å². The van der Waals surface area contributed by atoms with Crippen LogP contribution >= 0.6 is 0 Å². The molecule has 1 aromatic rings. The molecule has 1 unspecified atom stereocenters. The molecule has 15 heavy (non-hydrogen) atoms. The van der Waals surface area contributed by atoms with Crippen LogP contribution < -0.4 is 11.1 Å². The van der Waals surface area contributed by atoms with Crippen molar-refractivity contribution >= 4 is 5.91 Å². The summed E-state index contributed by atoms with van der Waals surface area (Å²) in [5.74, 6) is 1.03. The molecule has 0 bridgehead atoms. The second-order valence-corrected chi connectivity index (χ2v) is 3.57. The normalized spacial score (nSPS) is 12.5. The first-order valence-electron chi connectivity index (χ1n) is 5.27. The van der Waals surface area contributed by atoms with Gasteiger partial charge in [-0.2, -0.15) is 0 Å². The summed E-state index contributed by atoms with van der Waals surface area (Å²) < 4.78 is 5.33. The van der Waals surface area contributed by atoms with Crippen LogP contribution in [0.15, 0.2) is 16.5 Å². The Hall–Kier alpha value is -1.29. The van der Waals surface area contributed by atoms with E-state index in [9.17, 15) is 4.79 Å². The summed E-state index contributed by atoms with van der Waals surface area (Å²) in [5, 5.41) is 2.82. The van der Waals surface area contributed by atoms with Gasteiger partial charge in [-0.15, -0.1) is 0 Å². The zero-order chi connectivity index (χ0) is 11.3. The maximum atomic E-state index is 11.6. The van der Waals surface area contributed by atoms with E-state index in [1.54, 1.807) is 6.07 Å². The minimum atomic E-state index is -0.171. The number of rotatable bonds is 5. The van der Waals surface area contributed by atoms with Crippen LogP contribution in [0.2, 0.25) is 0 Å². The minimum Gasteiger partial charge on any atom is -0.456 e. The fourth-order valence-corrected chi connectivity index (χ4v) is 1.31. The summed E-state index contributed by atoms with van der Waals surface area (Å²) in [7, 11) is 0. The maximum absolute atomic E-state index is 11.6. The van der Waals surface area contributed by atoms with Crippen LogP contribution in [0.5, 0.6) is 0 Å². The predicted octanol–water partition coefficient (Wildman–Crippen LogP) is 1.31. The van der Waals surface area contributed by atoms with Crippen molar-refractivity contribution in [2.24, 2.45) is 5.73 Å². The second kappa shape index (κ2) is 5.56. The van der Waals surface area contributed by atoms with Crippen LogP contribution in [-0.4, -0.2) is 18.5 Å². The number of carbonyl (C=O) groups is 1. The smallest absolute Gasteiger partial charge is 0.287 e. The Labute approximate surface area is 89.8 Å². The second-order valence-electron chi connectivity index (χ2n) is 3.57. The summed E-state index contributed by atoms with van der Waals surface area (Å²) in [6, 6.07) is 3.60. The number of amides is 1. The molecule has 0 spiro atoms. The lowest BCUT2D eigenvalue weighted by atomic mass is 10.2. The largest absolute Gasteiger partial charge is 0.456 e. The average Bonchev–Trinajstić information content (AvgIpc) is 2.66. The quantitative estimate of drug-likeness (QED) is 0.770. The number of furan rings is 1. The van der Waals surface area contributed by atoms with Crippen LogP contribution in [0.4, 0.5) is 0 Å². The SMILES string of the molecule is CCc1ccc(C(=O)NC(C)CCN)o1. The van der Waals surface area contributed by atoms with E-state index >= 15 is 0 Å². The summed E-state index contributed by atoms with van der Waals surface area (Å²) in [5.41, 5.74) is 5.39. The molecule has 84 valence electrons. The Balaban J connectivity index is 2.53. The van der Waals surface area contributed by atoms with Gasteiger partial charge in [0.1, 0.15) is 5.76 Å². The van der Waals surface area contributed by atoms with Crippen molar-refractivity contribution in [2.75, 3.05) is 6.54 Å². The molecular weight excluding hydrogens is 192 g/mol.